The average molecular weight is 297 g/mol. The fourth-order valence-electron chi connectivity index (χ4n) is 2.24. The molecule has 1 aromatic rings. The Labute approximate surface area is 124 Å². The van der Waals surface area contributed by atoms with Gasteiger partial charge in [-0.05, 0) is 37.9 Å². The fraction of sp³-hybridized carbons (Fsp3) is 0.533. The van der Waals surface area contributed by atoms with Crippen molar-refractivity contribution in [1.29, 1.82) is 0 Å². The van der Waals surface area contributed by atoms with Gasteiger partial charge in [-0.2, -0.15) is 0 Å². The van der Waals surface area contributed by atoms with Crippen molar-refractivity contribution >= 4 is 17.5 Å². The first-order valence-electron chi connectivity index (χ1n) is 7.13. The van der Waals surface area contributed by atoms with Crippen LogP contribution < -0.4 is 15.4 Å². The summed E-state index contributed by atoms with van der Waals surface area (Å²) in [5.74, 6) is 0.720. The van der Waals surface area contributed by atoms with Crippen LogP contribution in [0.3, 0.4) is 0 Å². The van der Waals surface area contributed by atoms with Crippen LogP contribution in [-0.2, 0) is 4.79 Å². The highest BCUT2D eigenvalue weighted by atomic mass is 35.5. The van der Waals surface area contributed by atoms with Gasteiger partial charge in [0.2, 0.25) is 5.91 Å². The predicted octanol–water partition coefficient (Wildman–Crippen LogP) is 2.37. The molecule has 1 fully saturated rings. The number of hydrogen-bond acceptors (Lipinski definition) is 3. The first-order valence-corrected chi connectivity index (χ1v) is 7.50. The summed E-state index contributed by atoms with van der Waals surface area (Å²) >= 11 is 6.07. The summed E-state index contributed by atoms with van der Waals surface area (Å²) < 4.78 is 5.84. The molecule has 20 heavy (non-hydrogen) atoms. The minimum absolute atomic E-state index is 0.0483. The number of carbonyl (C=O) groups is 1. The Morgan fingerprint density at radius 1 is 1.55 bits per heavy atom. The Morgan fingerprint density at radius 3 is 3.00 bits per heavy atom. The zero-order valence-electron chi connectivity index (χ0n) is 11.7. The van der Waals surface area contributed by atoms with Crippen molar-refractivity contribution in [3.63, 3.8) is 0 Å². The molecule has 0 saturated carbocycles. The number of rotatable bonds is 6. The normalized spacial score (nSPS) is 19.6. The first-order chi connectivity index (χ1) is 9.70. The van der Waals surface area contributed by atoms with Crippen molar-refractivity contribution in [1.82, 2.24) is 10.6 Å². The van der Waals surface area contributed by atoms with Crippen LogP contribution in [0.25, 0.3) is 0 Å². The molecule has 1 saturated heterocycles. The summed E-state index contributed by atoms with van der Waals surface area (Å²) in [6.45, 7) is 3.45. The molecule has 0 aliphatic carbocycles. The lowest BCUT2D eigenvalue weighted by Crippen LogP contribution is -2.44. The molecular formula is C15H21ClN2O2. The lowest BCUT2D eigenvalue weighted by Gasteiger charge is -2.20. The van der Waals surface area contributed by atoms with E-state index in [1.165, 1.54) is 0 Å². The van der Waals surface area contributed by atoms with Gasteiger partial charge in [0.15, 0.2) is 0 Å². The highest BCUT2D eigenvalue weighted by Crippen LogP contribution is 2.24. The molecule has 110 valence electrons. The van der Waals surface area contributed by atoms with Crippen LogP contribution in [0.4, 0.5) is 0 Å². The van der Waals surface area contributed by atoms with Gasteiger partial charge in [-0.25, -0.2) is 0 Å². The molecule has 2 N–H and O–H groups in total. The topological polar surface area (TPSA) is 50.4 Å². The highest BCUT2D eigenvalue weighted by Gasteiger charge is 2.22. The standard InChI is InChI=1S/C15H21ClN2O2/c1-2-11(20-14-8-4-3-6-12(14)16)10-18-15(19)13-7-5-9-17-13/h3-4,6,8,11,13,17H,2,5,7,9-10H2,1H3,(H,18,19). The second-order valence-corrected chi connectivity index (χ2v) is 5.38. The highest BCUT2D eigenvalue weighted by molar-refractivity contribution is 6.32. The Bertz CT molecular complexity index is 447. The van der Waals surface area contributed by atoms with E-state index in [-0.39, 0.29) is 18.1 Å². The van der Waals surface area contributed by atoms with E-state index in [1.807, 2.05) is 25.1 Å². The van der Waals surface area contributed by atoms with Crippen molar-refractivity contribution in [2.24, 2.45) is 0 Å². The fourth-order valence-corrected chi connectivity index (χ4v) is 2.42. The minimum Gasteiger partial charge on any atom is -0.487 e. The summed E-state index contributed by atoms with van der Waals surface area (Å²) in [7, 11) is 0. The molecule has 2 unspecified atom stereocenters. The molecule has 0 aromatic heterocycles. The summed E-state index contributed by atoms with van der Waals surface area (Å²) in [6.07, 6.45) is 2.71. The first kappa shape index (κ1) is 15.1. The smallest absolute Gasteiger partial charge is 0.237 e. The predicted molar refractivity (Wildman–Crippen MR) is 80.2 cm³/mol. The zero-order chi connectivity index (χ0) is 14.4. The van der Waals surface area contributed by atoms with Gasteiger partial charge < -0.3 is 15.4 Å². The van der Waals surface area contributed by atoms with Crippen molar-refractivity contribution in [2.45, 2.75) is 38.3 Å². The van der Waals surface area contributed by atoms with Gasteiger partial charge in [0.1, 0.15) is 11.9 Å². The zero-order valence-corrected chi connectivity index (χ0v) is 12.5. The number of halogens is 1. The maximum Gasteiger partial charge on any atom is 0.237 e. The van der Waals surface area contributed by atoms with Gasteiger partial charge in [0, 0.05) is 0 Å². The molecule has 0 bridgehead atoms. The van der Waals surface area contributed by atoms with Crippen molar-refractivity contribution in [3.8, 4) is 5.75 Å². The van der Waals surface area contributed by atoms with Crippen LogP contribution in [0, 0.1) is 0 Å². The summed E-state index contributed by atoms with van der Waals surface area (Å²) in [5, 5.41) is 6.72. The lowest BCUT2D eigenvalue weighted by atomic mass is 10.2. The minimum atomic E-state index is -0.0692. The third-order valence-corrected chi connectivity index (χ3v) is 3.78. The van der Waals surface area contributed by atoms with Crippen LogP contribution in [0.2, 0.25) is 5.02 Å². The van der Waals surface area contributed by atoms with E-state index in [0.717, 1.165) is 25.8 Å². The SMILES string of the molecule is CCC(CNC(=O)C1CCCN1)Oc1ccccc1Cl. The number of carbonyl (C=O) groups excluding carboxylic acids is 1. The van der Waals surface area contributed by atoms with Crippen LogP contribution in [0.1, 0.15) is 26.2 Å². The number of nitrogens with one attached hydrogen (secondary N) is 2. The molecule has 1 aromatic carbocycles. The van der Waals surface area contributed by atoms with Gasteiger partial charge >= 0.3 is 0 Å². The molecule has 5 heteroatoms. The van der Waals surface area contributed by atoms with Crippen LogP contribution in [0.5, 0.6) is 5.75 Å². The molecule has 2 rings (SSSR count). The number of hydrogen-bond donors (Lipinski definition) is 2. The van der Waals surface area contributed by atoms with Gasteiger partial charge in [0.05, 0.1) is 17.6 Å². The van der Waals surface area contributed by atoms with Gasteiger partial charge in [0.25, 0.3) is 0 Å². The Kier molecular flexibility index (Phi) is 5.68. The van der Waals surface area contributed by atoms with Gasteiger partial charge in [-0.15, -0.1) is 0 Å². The molecular weight excluding hydrogens is 276 g/mol. The van der Waals surface area contributed by atoms with Gasteiger partial charge in [-0.1, -0.05) is 30.7 Å². The van der Waals surface area contributed by atoms with Crippen LogP contribution >= 0.6 is 11.6 Å². The Morgan fingerprint density at radius 2 is 2.35 bits per heavy atom. The molecule has 1 amide bonds. The van der Waals surface area contributed by atoms with E-state index in [1.54, 1.807) is 6.07 Å². The van der Waals surface area contributed by atoms with E-state index < -0.39 is 0 Å². The van der Waals surface area contributed by atoms with E-state index >= 15 is 0 Å². The lowest BCUT2D eigenvalue weighted by molar-refractivity contribution is -0.123. The maximum absolute atomic E-state index is 11.9. The second-order valence-electron chi connectivity index (χ2n) is 4.97. The molecule has 2 atom stereocenters. The molecule has 0 spiro atoms. The third-order valence-electron chi connectivity index (χ3n) is 3.47. The number of para-hydroxylation sites is 1. The summed E-state index contributed by atoms with van der Waals surface area (Å²) in [6, 6.07) is 7.34. The Balaban J connectivity index is 1.83. The van der Waals surface area contributed by atoms with E-state index in [4.69, 9.17) is 16.3 Å². The van der Waals surface area contributed by atoms with E-state index in [9.17, 15) is 4.79 Å². The van der Waals surface area contributed by atoms with Gasteiger partial charge in [-0.3, -0.25) is 4.79 Å². The van der Waals surface area contributed by atoms with E-state index in [0.29, 0.717) is 17.3 Å². The average Bonchev–Trinajstić information content (AvgIpc) is 2.99. The number of benzene rings is 1. The van der Waals surface area contributed by atoms with Crippen molar-refractivity contribution in [2.75, 3.05) is 13.1 Å². The largest absolute Gasteiger partial charge is 0.487 e. The van der Waals surface area contributed by atoms with Crippen LogP contribution in [-0.4, -0.2) is 31.1 Å². The summed E-state index contributed by atoms with van der Waals surface area (Å²) in [4.78, 5) is 11.9. The molecule has 0 radical (unpaired) electrons. The second kappa shape index (κ2) is 7.50. The third kappa shape index (κ3) is 4.12. The molecule has 1 aliphatic rings. The quantitative estimate of drug-likeness (QED) is 0.847. The van der Waals surface area contributed by atoms with Crippen LogP contribution in [0.15, 0.2) is 24.3 Å². The maximum atomic E-state index is 11.9. The molecule has 1 heterocycles. The summed E-state index contributed by atoms with van der Waals surface area (Å²) in [5.41, 5.74) is 0. The monoisotopic (exact) mass is 296 g/mol. The van der Waals surface area contributed by atoms with Crippen molar-refractivity contribution in [3.05, 3.63) is 29.3 Å². The number of ether oxygens (including phenoxy) is 1. The molecule has 4 nitrogen and oxygen atoms in total. The van der Waals surface area contributed by atoms with Crippen molar-refractivity contribution < 1.29 is 9.53 Å². The Hall–Kier alpha value is -1.26. The molecule has 1 aliphatic heterocycles. The number of amides is 1. The van der Waals surface area contributed by atoms with E-state index in [2.05, 4.69) is 10.6 Å².